The van der Waals surface area contributed by atoms with Gasteiger partial charge in [-0.25, -0.2) is 0 Å². The van der Waals surface area contributed by atoms with Crippen LogP contribution in [0.15, 0.2) is 0 Å². The first-order chi connectivity index (χ1) is 5.93. The molecular weight excluding hydrogens is 162 g/mol. The van der Waals surface area contributed by atoms with E-state index in [1.165, 1.54) is 0 Å². The van der Waals surface area contributed by atoms with E-state index in [0.29, 0.717) is 12.0 Å². The van der Waals surface area contributed by atoms with E-state index < -0.39 is 5.60 Å². The Morgan fingerprint density at radius 2 is 2.00 bits per heavy atom. The highest BCUT2D eigenvalue weighted by Gasteiger charge is 2.45. The van der Waals surface area contributed by atoms with Crippen molar-refractivity contribution in [3.63, 3.8) is 0 Å². The van der Waals surface area contributed by atoms with Crippen LogP contribution in [0.25, 0.3) is 0 Å². The molecule has 3 N–H and O–H groups in total. The third-order valence-electron chi connectivity index (χ3n) is 3.56. The third-order valence-corrected chi connectivity index (χ3v) is 3.56. The van der Waals surface area contributed by atoms with E-state index in [1.54, 1.807) is 0 Å². The van der Waals surface area contributed by atoms with E-state index in [9.17, 15) is 5.11 Å². The summed E-state index contributed by atoms with van der Waals surface area (Å²) in [4.78, 5) is 0. The van der Waals surface area contributed by atoms with E-state index in [0.717, 1.165) is 25.7 Å². The first-order valence-corrected chi connectivity index (χ1v) is 5.36. The lowest BCUT2D eigenvalue weighted by Crippen LogP contribution is -2.40. The molecule has 0 aromatic carbocycles. The molecule has 1 fully saturated rings. The van der Waals surface area contributed by atoms with Crippen molar-refractivity contribution in [3.8, 4) is 0 Å². The second kappa shape index (κ2) is 3.58. The zero-order valence-corrected chi connectivity index (χ0v) is 9.14. The standard InChI is InChI=1S/C11H23NO/c1-4-9(7-12)11(13)6-5-10(2,3)8-11/h9,13H,4-8,12H2,1-3H3. The minimum atomic E-state index is -0.479. The normalized spacial score (nSPS) is 34.8. The zero-order valence-electron chi connectivity index (χ0n) is 9.14. The van der Waals surface area contributed by atoms with Gasteiger partial charge in [-0.2, -0.15) is 0 Å². The molecule has 0 bridgehead atoms. The number of rotatable bonds is 3. The predicted molar refractivity (Wildman–Crippen MR) is 55.4 cm³/mol. The monoisotopic (exact) mass is 185 g/mol. The summed E-state index contributed by atoms with van der Waals surface area (Å²) in [6.07, 6.45) is 3.95. The number of hydrogen-bond acceptors (Lipinski definition) is 2. The molecule has 1 aliphatic carbocycles. The van der Waals surface area contributed by atoms with Gasteiger partial charge in [-0.15, -0.1) is 0 Å². The largest absolute Gasteiger partial charge is 0.390 e. The summed E-state index contributed by atoms with van der Waals surface area (Å²) in [6, 6.07) is 0. The van der Waals surface area contributed by atoms with Gasteiger partial charge in [0, 0.05) is 0 Å². The summed E-state index contributed by atoms with van der Waals surface area (Å²) in [5.74, 6) is 0.286. The van der Waals surface area contributed by atoms with Crippen molar-refractivity contribution in [2.24, 2.45) is 17.1 Å². The van der Waals surface area contributed by atoms with E-state index in [-0.39, 0.29) is 5.92 Å². The minimum Gasteiger partial charge on any atom is -0.390 e. The molecule has 1 aliphatic rings. The number of nitrogens with two attached hydrogens (primary N) is 1. The summed E-state index contributed by atoms with van der Waals surface area (Å²) in [6.45, 7) is 7.19. The summed E-state index contributed by atoms with van der Waals surface area (Å²) < 4.78 is 0. The average molecular weight is 185 g/mol. The van der Waals surface area contributed by atoms with Crippen molar-refractivity contribution in [3.05, 3.63) is 0 Å². The molecule has 2 nitrogen and oxygen atoms in total. The van der Waals surface area contributed by atoms with Crippen LogP contribution >= 0.6 is 0 Å². The Balaban J connectivity index is 2.67. The topological polar surface area (TPSA) is 46.2 Å². The number of aliphatic hydroxyl groups is 1. The predicted octanol–water partition coefficient (Wildman–Crippen LogP) is 1.91. The second-order valence-corrected chi connectivity index (χ2v) is 5.29. The van der Waals surface area contributed by atoms with E-state index in [2.05, 4.69) is 20.8 Å². The van der Waals surface area contributed by atoms with Gasteiger partial charge in [0.1, 0.15) is 0 Å². The summed E-state index contributed by atoms with van der Waals surface area (Å²) in [5, 5.41) is 10.4. The number of hydrogen-bond donors (Lipinski definition) is 2. The Bertz CT molecular complexity index is 175. The molecule has 13 heavy (non-hydrogen) atoms. The molecule has 78 valence electrons. The second-order valence-electron chi connectivity index (χ2n) is 5.29. The van der Waals surface area contributed by atoms with Crippen LogP contribution in [0.1, 0.15) is 46.5 Å². The van der Waals surface area contributed by atoms with E-state index >= 15 is 0 Å². The molecule has 1 rings (SSSR count). The maximum atomic E-state index is 10.4. The first kappa shape index (κ1) is 11.0. The first-order valence-electron chi connectivity index (χ1n) is 5.36. The van der Waals surface area contributed by atoms with Gasteiger partial charge in [0.05, 0.1) is 5.60 Å². The zero-order chi connectivity index (χ0) is 10.1. The van der Waals surface area contributed by atoms with Gasteiger partial charge in [0.25, 0.3) is 0 Å². The van der Waals surface area contributed by atoms with E-state index in [4.69, 9.17) is 5.73 Å². The summed E-state index contributed by atoms with van der Waals surface area (Å²) >= 11 is 0. The lowest BCUT2D eigenvalue weighted by molar-refractivity contribution is -0.0185. The molecule has 0 radical (unpaired) electrons. The quantitative estimate of drug-likeness (QED) is 0.705. The van der Waals surface area contributed by atoms with Crippen molar-refractivity contribution in [2.75, 3.05) is 6.54 Å². The van der Waals surface area contributed by atoms with Crippen LogP contribution in [-0.2, 0) is 0 Å². The van der Waals surface area contributed by atoms with Gasteiger partial charge < -0.3 is 10.8 Å². The van der Waals surface area contributed by atoms with Gasteiger partial charge >= 0.3 is 0 Å². The van der Waals surface area contributed by atoms with Gasteiger partial charge in [0.15, 0.2) is 0 Å². The Morgan fingerprint density at radius 1 is 1.38 bits per heavy atom. The highest BCUT2D eigenvalue weighted by Crippen LogP contribution is 2.47. The fourth-order valence-electron chi connectivity index (χ4n) is 2.67. The maximum Gasteiger partial charge on any atom is 0.0693 e. The third kappa shape index (κ3) is 2.23. The van der Waals surface area contributed by atoms with Crippen LogP contribution in [0.2, 0.25) is 0 Å². The van der Waals surface area contributed by atoms with Crippen LogP contribution in [0.4, 0.5) is 0 Å². The van der Waals surface area contributed by atoms with Gasteiger partial charge in [-0.3, -0.25) is 0 Å². The molecule has 0 amide bonds. The van der Waals surface area contributed by atoms with Gasteiger partial charge in [-0.1, -0.05) is 20.8 Å². The van der Waals surface area contributed by atoms with Crippen LogP contribution < -0.4 is 5.73 Å². The molecule has 0 aromatic rings. The molecule has 0 spiro atoms. The lowest BCUT2D eigenvalue weighted by atomic mass is 9.81. The molecular formula is C11H23NO. The summed E-state index contributed by atoms with van der Waals surface area (Å²) in [7, 11) is 0. The molecule has 0 saturated heterocycles. The highest BCUT2D eigenvalue weighted by molar-refractivity contribution is 4.97. The van der Waals surface area contributed by atoms with Crippen molar-refractivity contribution in [1.29, 1.82) is 0 Å². The molecule has 1 saturated carbocycles. The van der Waals surface area contributed by atoms with Crippen molar-refractivity contribution in [1.82, 2.24) is 0 Å². The van der Waals surface area contributed by atoms with Crippen molar-refractivity contribution < 1.29 is 5.11 Å². The van der Waals surface area contributed by atoms with Gasteiger partial charge in [-0.05, 0) is 43.6 Å². The van der Waals surface area contributed by atoms with E-state index in [1.807, 2.05) is 0 Å². The van der Waals surface area contributed by atoms with Crippen molar-refractivity contribution in [2.45, 2.75) is 52.1 Å². The summed E-state index contributed by atoms with van der Waals surface area (Å²) in [5.41, 5.74) is 5.50. The fraction of sp³-hybridized carbons (Fsp3) is 1.00. The molecule has 2 atom stereocenters. The maximum absolute atomic E-state index is 10.4. The Labute approximate surface area is 81.5 Å². The molecule has 0 aromatic heterocycles. The van der Waals surface area contributed by atoms with Crippen LogP contribution in [0, 0.1) is 11.3 Å². The lowest BCUT2D eigenvalue weighted by Gasteiger charge is -2.32. The minimum absolute atomic E-state index is 0.286. The fourth-order valence-corrected chi connectivity index (χ4v) is 2.67. The average Bonchev–Trinajstić information content (AvgIpc) is 2.29. The smallest absolute Gasteiger partial charge is 0.0693 e. The molecule has 0 heterocycles. The Kier molecular flexibility index (Phi) is 3.03. The molecule has 2 heteroatoms. The Hall–Kier alpha value is -0.0800. The van der Waals surface area contributed by atoms with Crippen molar-refractivity contribution >= 4 is 0 Å². The SMILES string of the molecule is CCC(CN)C1(O)CCC(C)(C)C1. The van der Waals surface area contributed by atoms with Gasteiger partial charge in [0.2, 0.25) is 0 Å². The highest BCUT2D eigenvalue weighted by atomic mass is 16.3. The van der Waals surface area contributed by atoms with Crippen LogP contribution in [0.5, 0.6) is 0 Å². The molecule has 0 aliphatic heterocycles. The van der Waals surface area contributed by atoms with Crippen LogP contribution in [0.3, 0.4) is 0 Å². The van der Waals surface area contributed by atoms with Crippen LogP contribution in [-0.4, -0.2) is 17.3 Å². The Morgan fingerprint density at radius 3 is 2.31 bits per heavy atom. The molecule has 2 unspecified atom stereocenters.